The number of halogens is 1. The summed E-state index contributed by atoms with van der Waals surface area (Å²) in [6.45, 7) is 2.03. The number of unbranched alkanes of at least 4 members (excludes halogenated alkanes) is 3. The van der Waals surface area contributed by atoms with Crippen LogP contribution in [0.5, 0.6) is 0 Å². The highest BCUT2D eigenvalue weighted by Gasteiger charge is 2.03. The van der Waals surface area contributed by atoms with E-state index in [-0.39, 0.29) is 12.4 Å². The fourth-order valence-electron chi connectivity index (χ4n) is 2.17. The number of nitriles is 1. The second-order valence-corrected chi connectivity index (χ2v) is 4.30. The van der Waals surface area contributed by atoms with Crippen LogP contribution in [0.3, 0.4) is 0 Å². The predicted molar refractivity (Wildman–Crippen MR) is 75.0 cm³/mol. The third-order valence-electron chi connectivity index (χ3n) is 3.03. The number of fused-ring (bicyclic) bond motifs is 1. The number of nitrogens with zero attached hydrogens (tertiary/aromatic N) is 3. The van der Waals surface area contributed by atoms with Crippen molar-refractivity contribution in [2.45, 2.75) is 39.0 Å². The van der Waals surface area contributed by atoms with Crippen LogP contribution < -0.4 is 0 Å². The van der Waals surface area contributed by atoms with Crippen molar-refractivity contribution < 1.29 is 0 Å². The van der Waals surface area contributed by atoms with E-state index >= 15 is 0 Å². The lowest BCUT2D eigenvalue weighted by Gasteiger charge is -2.06. The van der Waals surface area contributed by atoms with Crippen molar-refractivity contribution in [1.82, 2.24) is 9.38 Å². The molecule has 0 aliphatic rings. The molecule has 2 aromatic heterocycles. The Morgan fingerprint density at radius 1 is 1.28 bits per heavy atom. The summed E-state index contributed by atoms with van der Waals surface area (Å²) in [6.07, 6.45) is 6.91. The van der Waals surface area contributed by atoms with Gasteiger partial charge in [-0.2, -0.15) is 5.26 Å². The topological polar surface area (TPSA) is 41.1 Å². The van der Waals surface area contributed by atoms with Crippen LogP contribution in [0.4, 0.5) is 0 Å². The molecule has 2 rings (SSSR count). The lowest BCUT2D eigenvalue weighted by Crippen LogP contribution is -1.98. The van der Waals surface area contributed by atoms with Crippen molar-refractivity contribution in [3.63, 3.8) is 0 Å². The summed E-state index contributed by atoms with van der Waals surface area (Å²) >= 11 is 0. The number of rotatable bonds is 5. The third kappa shape index (κ3) is 3.24. The first-order valence-corrected chi connectivity index (χ1v) is 6.12. The summed E-state index contributed by atoms with van der Waals surface area (Å²) in [5.41, 5.74) is 2.48. The van der Waals surface area contributed by atoms with E-state index in [1.54, 1.807) is 0 Å². The molecule has 0 N–H and O–H groups in total. The van der Waals surface area contributed by atoms with Gasteiger partial charge < -0.3 is 4.40 Å². The standard InChI is InChI=1S/C14H17N3.ClH/c1-12-16-11-14-9-6-8-13(17(12)14)7-4-2-3-5-10-15;/h6,8-9,11H,2-5,7H2,1H3;1H. The van der Waals surface area contributed by atoms with Gasteiger partial charge in [0.15, 0.2) is 0 Å². The van der Waals surface area contributed by atoms with Gasteiger partial charge in [0, 0.05) is 12.1 Å². The van der Waals surface area contributed by atoms with E-state index in [4.69, 9.17) is 5.26 Å². The Bertz CT molecular complexity index is 539. The van der Waals surface area contributed by atoms with E-state index in [0.29, 0.717) is 6.42 Å². The van der Waals surface area contributed by atoms with Gasteiger partial charge in [0.1, 0.15) is 5.82 Å². The van der Waals surface area contributed by atoms with Crippen LogP contribution in [0, 0.1) is 18.3 Å². The van der Waals surface area contributed by atoms with Crippen molar-refractivity contribution in [2.75, 3.05) is 0 Å². The molecule has 0 aromatic carbocycles. The highest BCUT2D eigenvalue weighted by atomic mass is 35.5. The van der Waals surface area contributed by atoms with Gasteiger partial charge >= 0.3 is 0 Å². The lowest BCUT2D eigenvalue weighted by atomic mass is 10.1. The van der Waals surface area contributed by atoms with E-state index in [9.17, 15) is 0 Å². The maximum atomic E-state index is 8.47. The van der Waals surface area contributed by atoms with Crippen molar-refractivity contribution >= 4 is 17.9 Å². The second kappa shape index (κ2) is 7.03. The minimum atomic E-state index is 0. The zero-order chi connectivity index (χ0) is 12.1. The maximum absolute atomic E-state index is 8.47. The average Bonchev–Trinajstić information content (AvgIpc) is 2.72. The number of aromatic nitrogens is 2. The average molecular weight is 264 g/mol. The third-order valence-corrected chi connectivity index (χ3v) is 3.03. The molecule has 0 aliphatic carbocycles. The van der Waals surface area contributed by atoms with Crippen molar-refractivity contribution in [1.29, 1.82) is 5.26 Å². The molecule has 0 bridgehead atoms. The van der Waals surface area contributed by atoms with Crippen LogP contribution in [0.2, 0.25) is 0 Å². The second-order valence-electron chi connectivity index (χ2n) is 4.30. The highest BCUT2D eigenvalue weighted by Crippen LogP contribution is 2.13. The Hall–Kier alpha value is -1.53. The minimum absolute atomic E-state index is 0. The maximum Gasteiger partial charge on any atom is 0.110 e. The first-order chi connectivity index (χ1) is 8.33. The molecule has 3 nitrogen and oxygen atoms in total. The highest BCUT2D eigenvalue weighted by molar-refractivity contribution is 5.85. The summed E-state index contributed by atoms with van der Waals surface area (Å²) in [6, 6.07) is 8.51. The molecule has 0 aliphatic heterocycles. The van der Waals surface area contributed by atoms with Crippen molar-refractivity contribution in [3.05, 3.63) is 35.9 Å². The van der Waals surface area contributed by atoms with Crippen molar-refractivity contribution in [3.8, 4) is 6.07 Å². The van der Waals surface area contributed by atoms with Gasteiger partial charge in [-0.15, -0.1) is 12.4 Å². The molecule has 18 heavy (non-hydrogen) atoms. The Balaban J connectivity index is 0.00000162. The summed E-state index contributed by atoms with van der Waals surface area (Å²) in [5.74, 6) is 1.05. The molecule has 0 unspecified atom stereocenters. The summed E-state index contributed by atoms with van der Waals surface area (Å²) in [4.78, 5) is 4.33. The summed E-state index contributed by atoms with van der Waals surface area (Å²) < 4.78 is 2.21. The van der Waals surface area contributed by atoms with Gasteiger partial charge in [-0.25, -0.2) is 4.98 Å². The zero-order valence-corrected chi connectivity index (χ0v) is 11.4. The smallest absolute Gasteiger partial charge is 0.110 e. The zero-order valence-electron chi connectivity index (χ0n) is 10.6. The Labute approximate surface area is 114 Å². The number of hydrogen-bond acceptors (Lipinski definition) is 2. The van der Waals surface area contributed by atoms with Gasteiger partial charge in [-0.05, 0) is 38.3 Å². The van der Waals surface area contributed by atoms with E-state index in [1.165, 1.54) is 5.69 Å². The number of imidazole rings is 1. The van der Waals surface area contributed by atoms with Crippen LogP contribution in [-0.2, 0) is 6.42 Å². The first kappa shape index (κ1) is 14.5. The van der Waals surface area contributed by atoms with Gasteiger partial charge in [-0.3, -0.25) is 0 Å². The Morgan fingerprint density at radius 2 is 2.11 bits per heavy atom. The molecule has 0 fully saturated rings. The molecule has 4 heteroatoms. The van der Waals surface area contributed by atoms with Crippen LogP contribution in [0.1, 0.15) is 37.2 Å². The Kier molecular flexibility index (Phi) is 5.67. The molecule has 0 radical (unpaired) electrons. The molecule has 0 saturated heterocycles. The fourth-order valence-corrected chi connectivity index (χ4v) is 2.17. The monoisotopic (exact) mass is 263 g/mol. The summed E-state index contributed by atoms with van der Waals surface area (Å²) in [7, 11) is 0. The molecule has 96 valence electrons. The minimum Gasteiger partial charge on any atom is -0.301 e. The molecule has 0 saturated carbocycles. The van der Waals surface area contributed by atoms with Gasteiger partial charge in [-0.1, -0.05) is 12.5 Å². The largest absolute Gasteiger partial charge is 0.301 e. The van der Waals surface area contributed by atoms with E-state index in [1.807, 2.05) is 13.1 Å². The fraction of sp³-hybridized carbons (Fsp3) is 0.429. The summed E-state index contributed by atoms with van der Waals surface area (Å²) in [5, 5.41) is 8.47. The predicted octanol–water partition coefficient (Wildman–Crippen LogP) is 3.69. The quantitative estimate of drug-likeness (QED) is 0.772. The van der Waals surface area contributed by atoms with E-state index < -0.39 is 0 Å². The first-order valence-electron chi connectivity index (χ1n) is 6.12. The normalized spacial score (nSPS) is 10.0. The van der Waals surface area contributed by atoms with E-state index in [2.05, 4.69) is 33.7 Å². The Morgan fingerprint density at radius 3 is 2.89 bits per heavy atom. The molecule has 2 aromatic rings. The van der Waals surface area contributed by atoms with Gasteiger partial charge in [0.05, 0.1) is 17.8 Å². The van der Waals surface area contributed by atoms with Crippen LogP contribution >= 0.6 is 12.4 Å². The molecule has 0 amide bonds. The van der Waals surface area contributed by atoms with Crippen LogP contribution in [-0.4, -0.2) is 9.38 Å². The SMILES string of the molecule is Cc1ncc2cccc(CCCCCC#N)n12.Cl. The number of hydrogen-bond donors (Lipinski definition) is 0. The van der Waals surface area contributed by atoms with Gasteiger partial charge in [0.2, 0.25) is 0 Å². The molecule has 2 heterocycles. The van der Waals surface area contributed by atoms with Crippen LogP contribution in [0.25, 0.3) is 5.52 Å². The lowest BCUT2D eigenvalue weighted by molar-refractivity contribution is 0.677. The molecular formula is C14H18ClN3. The molecular weight excluding hydrogens is 246 g/mol. The molecule has 0 spiro atoms. The van der Waals surface area contributed by atoms with E-state index in [0.717, 1.165) is 37.0 Å². The number of pyridine rings is 1. The van der Waals surface area contributed by atoms with Gasteiger partial charge in [0.25, 0.3) is 0 Å². The van der Waals surface area contributed by atoms with Crippen LogP contribution in [0.15, 0.2) is 24.4 Å². The number of aryl methyl sites for hydroxylation is 2. The van der Waals surface area contributed by atoms with Crippen molar-refractivity contribution in [2.24, 2.45) is 0 Å². The molecule has 0 atom stereocenters.